The number of furan rings is 1. The van der Waals surface area contributed by atoms with Gasteiger partial charge in [0.05, 0.1) is 18.1 Å². The second-order valence-corrected chi connectivity index (χ2v) is 6.64. The number of carbonyl (C=O) groups excluding carboxylic acids is 1. The molecule has 0 aliphatic carbocycles. The van der Waals surface area contributed by atoms with E-state index in [0.29, 0.717) is 12.3 Å². The summed E-state index contributed by atoms with van der Waals surface area (Å²) in [4.78, 5) is 14.1. The van der Waals surface area contributed by atoms with E-state index in [-0.39, 0.29) is 18.0 Å². The lowest BCUT2D eigenvalue weighted by atomic mass is 10.2. The van der Waals surface area contributed by atoms with E-state index in [1.165, 1.54) is 11.8 Å². The summed E-state index contributed by atoms with van der Waals surface area (Å²) in [7, 11) is 3.92. The molecule has 0 fully saturated rings. The summed E-state index contributed by atoms with van der Waals surface area (Å²) in [5.41, 5.74) is 0. The molecule has 2 heterocycles. The van der Waals surface area contributed by atoms with Gasteiger partial charge in [0, 0.05) is 12.6 Å². The van der Waals surface area contributed by atoms with Gasteiger partial charge in [0.25, 0.3) is 0 Å². The van der Waals surface area contributed by atoms with E-state index in [9.17, 15) is 4.79 Å². The summed E-state index contributed by atoms with van der Waals surface area (Å²) in [5.74, 6) is 1.11. The Morgan fingerprint density at radius 2 is 2.26 bits per heavy atom. The summed E-state index contributed by atoms with van der Waals surface area (Å²) >= 11 is 1.39. The second-order valence-electron chi connectivity index (χ2n) is 5.70. The van der Waals surface area contributed by atoms with Gasteiger partial charge in [0.2, 0.25) is 5.91 Å². The van der Waals surface area contributed by atoms with Gasteiger partial charge in [-0.25, -0.2) is 0 Å². The molecular weight excluding hydrogens is 314 g/mol. The molecule has 1 amide bonds. The minimum atomic E-state index is -0.0355. The predicted octanol–water partition coefficient (Wildman–Crippen LogP) is 1.96. The Kier molecular flexibility index (Phi) is 6.23. The number of hydrogen-bond donors (Lipinski definition) is 1. The van der Waals surface area contributed by atoms with Crippen molar-refractivity contribution in [3.8, 4) is 0 Å². The van der Waals surface area contributed by atoms with Gasteiger partial charge in [-0.3, -0.25) is 9.69 Å². The minimum absolute atomic E-state index is 0.0123. The number of likely N-dealkylation sites (N-methyl/N-ethyl adjacent to an activating group) is 1. The second kappa shape index (κ2) is 8.16. The van der Waals surface area contributed by atoms with E-state index >= 15 is 0 Å². The largest absolute Gasteiger partial charge is 0.468 e. The highest BCUT2D eigenvalue weighted by Crippen LogP contribution is 2.19. The van der Waals surface area contributed by atoms with Crippen molar-refractivity contribution in [3.05, 3.63) is 30.5 Å². The van der Waals surface area contributed by atoms with Crippen LogP contribution in [0, 0.1) is 0 Å². The molecule has 23 heavy (non-hydrogen) atoms. The van der Waals surface area contributed by atoms with Gasteiger partial charge in [-0.1, -0.05) is 11.8 Å². The highest BCUT2D eigenvalue weighted by atomic mass is 32.2. The average molecular weight is 337 g/mol. The molecule has 2 rings (SSSR count). The first-order valence-corrected chi connectivity index (χ1v) is 8.46. The van der Waals surface area contributed by atoms with Crippen molar-refractivity contribution in [2.45, 2.75) is 31.1 Å². The zero-order chi connectivity index (χ0) is 16.8. The lowest BCUT2D eigenvalue weighted by Crippen LogP contribution is -2.35. The Labute approximate surface area is 140 Å². The SMILES string of the molecule is CC(C)n1cnnc1SCC(=O)NCC(c1ccco1)N(C)C. The number of amides is 1. The molecule has 0 spiro atoms. The fraction of sp³-hybridized carbons (Fsp3) is 0.533. The molecule has 1 unspecified atom stereocenters. The van der Waals surface area contributed by atoms with E-state index < -0.39 is 0 Å². The van der Waals surface area contributed by atoms with Crippen LogP contribution in [0.4, 0.5) is 0 Å². The molecule has 0 saturated carbocycles. The predicted molar refractivity (Wildman–Crippen MR) is 89.3 cm³/mol. The molecule has 2 aromatic heterocycles. The van der Waals surface area contributed by atoms with Gasteiger partial charge in [-0.05, 0) is 40.1 Å². The van der Waals surface area contributed by atoms with Crippen LogP contribution in [0.3, 0.4) is 0 Å². The van der Waals surface area contributed by atoms with Gasteiger partial charge in [0.15, 0.2) is 5.16 Å². The topological polar surface area (TPSA) is 76.2 Å². The Morgan fingerprint density at radius 3 is 2.87 bits per heavy atom. The van der Waals surface area contributed by atoms with Crippen LogP contribution in [0.25, 0.3) is 0 Å². The van der Waals surface area contributed by atoms with Crippen LogP contribution in [0.5, 0.6) is 0 Å². The van der Waals surface area contributed by atoms with Gasteiger partial charge in [-0.15, -0.1) is 10.2 Å². The Hall–Kier alpha value is -1.80. The molecule has 0 saturated heterocycles. The molecule has 0 bridgehead atoms. The summed E-state index contributed by atoms with van der Waals surface area (Å²) in [5, 5.41) is 11.6. The molecular formula is C15H23N5O2S. The zero-order valence-corrected chi connectivity index (χ0v) is 14.7. The quantitative estimate of drug-likeness (QED) is 0.742. The van der Waals surface area contributed by atoms with Crippen LogP contribution in [0.15, 0.2) is 34.3 Å². The molecule has 1 N–H and O–H groups in total. The monoisotopic (exact) mass is 337 g/mol. The maximum absolute atomic E-state index is 12.1. The van der Waals surface area contributed by atoms with Gasteiger partial charge in [0.1, 0.15) is 12.1 Å². The molecule has 0 aliphatic rings. The first kappa shape index (κ1) is 17.6. The Bertz CT molecular complexity index is 609. The van der Waals surface area contributed by atoms with Gasteiger partial charge in [-0.2, -0.15) is 0 Å². The molecule has 7 nitrogen and oxygen atoms in total. The molecule has 8 heteroatoms. The summed E-state index contributed by atoms with van der Waals surface area (Å²) in [6, 6.07) is 4.05. The summed E-state index contributed by atoms with van der Waals surface area (Å²) in [6.07, 6.45) is 3.33. The van der Waals surface area contributed by atoms with E-state index in [4.69, 9.17) is 4.42 Å². The maximum atomic E-state index is 12.1. The highest BCUT2D eigenvalue weighted by molar-refractivity contribution is 7.99. The molecule has 1 atom stereocenters. The van der Waals surface area contributed by atoms with E-state index in [1.54, 1.807) is 12.6 Å². The smallest absolute Gasteiger partial charge is 0.230 e. The summed E-state index contributed by atoms with van der Waals surface area (Å²) < 4.78 is 7.38. The number of rotatable bonds is 8. The number of nitrogens with one attached hydrogen (secondary N) is 1. The lowest BCUT2D eigenvalue weighted by Gasteiger charge is -2.22. The standard InChI is InChI=1S/C15H23N5O2S/c1-11(2)20-10-17-18-15(20)23-9-14(21)16-8-12(19(3)4)13-6-5-7-22-13/h5-7,10-12H,8-9H2,1-4H3,(H,16,21). The first-order valence-electron chi connectivity index (χ1n) is 7.48. The van der Waals surface area contributed by atoms with Crippen molar-refractivity contribution in [2.24, 2.45) is 0 Å². The minimum Gasteiger partial charge on any atom is -0.468 e. The van der Waals surface area contributed by atoms with Gasteiger partial charge >= 0.3 is 0 Å². The first-order chi connectivity index (χ1) is 11.0. The Balaban J connectivity index is 1.83. The fourth-order valence-corrected chi connectivity index (χ4v) is 2.97. The van der Waals surface area contributed by atoms with Crippen LogP contribution in [0.1, 0.15) is 31.7 Å². The van der Waals surface area contributed by atoms with Crippen molar-refractivity contribution in [3.63, 3.8) is 0 Å². The van der Waals surface area contributed by atoms with Crippen molar-refractivity contribution in [1.82, 2.24) is 25.0 Å². The van der Waals surface area contributed by atoms with E-state index in [0.717, 1.165) is 10.9 Å². The third-order valence-electron chi connectivity index (χ3n) is 3.42. The Morgan fingerprint density at radius 1 is 1.48 bits per heavy atom. The van der Waals surface area contributed by atoms with Crippen LogP contribution in [0.2, 0.25) is 0 Å². The number of aromatic nitrogens is 3. The zero-order valence-electron chi connectivity index (χ0n) is 13.9. The van der Waals surface area contributed by atoms with E-state index in [2.05, 4.69) is 29.4 Å². The third-order valence-corrected chi connectivity index (χ3v) is 4.37. The molecule has 126 valence electrons. The number of hydrogen-bond acceptors (Lipinski definition) is 6. The van der Waals surface area contributed by atoms with Crippen LogP contribution >= 0.6 is 11.8 Å². The molecule has 2 aromatic rings. The molecule has 0 radical (unpaired) electrons. The summed E-state index contributed by atoms with van der Waals surface area (Å²) in [6.45, 7) is 4.61. The molecule has 0 aliphatic heterocycles. The van der Waals surface area contributed by atoms with Crippen molar-refractivity contribution < 1.29 is 9.21 Å². The number of thioether (sulfide) groups is 1. The van der Waals surface area contributed by atoms with Crippen LogP contribution < -0.4 is 5.32 Å². The normalized spacial score (nSPS) is 12.8. The highest BCUT2D eigenvalue weighted by Gasteiger charge is 2.18. The van der Waals surface area contributed by atoms with Gasteiger partial charge < -0.3 is 14.3 Å². The van der Waals surface area contributed by atoms with Crippen molar-refractivity contribution in [1.29, 1.82) is 0 Å². The number of nitrogens with zero attached hydrogens (tertiary/aromatic N) is 4. The average Bonchev–Trinajstić information content (AvgIpc) is 3.16. The van der Waals surface area contributed by atoms with Crippen molar-refractivity contribution >= 4 is 17.7 Å². The number of carbonyl (C=O) groups is 1. The molecule has 0 aromatic carbocycles. The maximum Gasteiger partial charge on any atom is 0.230 e. The van der Waals surface area contributed by atoms with Crippen LogP contribution in [-0.2, 0) is 4.79 Å². The van der Waals surface area contributed by atoms with Crippen LogP contribution in [-0.4, -0.2) is 52.0 Å². The fourth-order valence-electron chi connectivity index (χ4n) is 2.10. The third kappa shape index (κ3) is 4.84. The van der Waals surface area contributed by atoms with Crippen molar-refractivity contribution in [2.75, 3.05) is 26.4 Å². The lowest BCUT2D eigenvalue weighted by molar-refractivity contribution is -0.118. The van der Waals surface area contributed by atoms with E-state index in [1.807, 2.05) is 35.7 Å².